The fourth-order valence-corrected chi connectivity index (χ4v) is 10.3. The second-order valence-corrected chi connectivity index (χ2v) is 16.8. The predicted molar refractivity (Wildman–Crippen MR) is 275 cm³/mol. The number of rotatable bonds is 6. The van der Waals surface area contributed by atoms with Crippen LogP contribution in [0.4, 0.5) is 0 Å². The summed E-state index contributed by atoms with van der Waals surface area (Å²) in [6.07, 6.45) is 0. The molecule has 0 aliphatic carbocycles. The zero-order valence-corrected chi connectivity index (χ0v) is 36.3. The van der Waals surface area contributed by atoms with Gasteiger partial charge in [0.15, 0.2) is 0 Å². The first-order valence-electron chi connectivity index (χ1n) is 22.4. The molecule has 0 aliphatic rings. The van der Waals surface area contributed by atoms with Gasteiger partial charge in [-0.1, -0.05) is 165 Å². The molecule has 0 amide bonds. The fourth-order valence-electron chi connectivity index (χ4n) is 10.3. The summed E-state index contributed by atoms with van der Waals surface area (Å²) < 4.78 is 16.4. The molecule has 0 atom stereocenters. The maximum absolute atomic E-state index is 7.11. The molecule has 7 nitrogen and oxygen atoms in total. The van der Waals surface area contributed by atoms with Crippen molar-refractivity contribution in [2.45, 2.75) is 0 Å². The number of benzene rings is 8. The third-order valence-electron chi connectivity index (χ3n) is 13.0. The lowest BCUT2D eigenvalue weighted by Gasteiger charge is -2.26. The number of fused-ring (bicyclic) bond motifs is 9. The van der Waals surface area contributed by atoms with E-state index in [1.807, 2.05) is 66.7 Å². The number of nitrogens with zero attached hydrogens (tertiary/aromatic N) is 6. The smallest absolute Gasteiger partial charge is 0.252 e. The first-order chi connectivity index (χ1) is 33.1. The van der Waals surface area contributed by atoms with Crippen molar-refractivity contribution in [3.63, 3.8) is 0 Å². The fraction of sp³-hybridized carbons (Fsp3) is 0. The molecule has 0 saturated heterocycles. The molecule has 0 aliphatic heterocycles. The highest BCUT2D eigenvalue weighted by Crippen LogP contribution is 2.47. The van der Waals surface area contributed by atoms with Crippen LogP contribution in [0.3, 0.4) is 0 Å². The van der Waals surface area contributed by atoms with Gasteiger partial charge in [0.05, 0.1) is 61.4 Å². The van der Waals surface area contributed by atoms with Gasteiger partial charge in [0.1, 0.15) is 0 Å². The lowest BCUT2D eigenvalue weighted by molar-refractivity contribution is 0.583. The third-order valence-corrected chi connectivity index (χ3v) is 13.0. The Hall–Kier alpha value is -9.20. The third kappa shape index (κ3) is 5.85. The molecular formula is C60H40N6O. The molecule has 0 N–H and O–H groups in total. The molecule has 5 heterocycles. The van der Waals surface area contributed by atoms with Crippen molar-refractivity contribution < 1.29 is 4.42 Å². The minimum atomic E-state index is 0.335. The highest BCUT2D eigenvalue weighted by atomic mass is 16.4. The molecular weight excluding hydrogens is 821 g/mol. The van der Waals surface area contributed by atoms with Crippen LogP contribution in [0.15, 0.2) is 223 Å². The maximum Gasteiger partial charge on any atom is 0.252 e. The lowest BCUT2D eigenvalue weighted by atomic mass is 10.0. The minimum absolute atomic E-state index is 0.335. The lowest BCUT2D eigenvalue weighted by Crippen LogP contribution is -2.30. The second-order valence-electron chi connectivity index (χ2n) is 16.8. The zero-order chi connectivity index (χ0) is 44.6. The van der Waals surface area contributed by atoms with Gasteiger partial charge in [-0.3, -0.25) is 0 Å². The van der Waals surface area contributed by atoms with Crippen LogP contribution in [-0.4, -0.2) is 28.5 Å². The highest BCUT2D eigenvalue weighted by molar-refractivity contribution is 6.14. The second kappa shape index (κ2) is 15.2. The number of hydrogen-bond acceptors (Lipinski definition) is 3. The first-order valence-corrected chi connectivity index (χ1v) is 22.4. The average Bonchev–Trinajstić information content (AvgIpc) is 4.16. The topological polar surface area (TPSA) is 58.6 Å². The molecule has 0 radical (unpaired) electrons. The summed E-state index contributed by atoms with van der Waals surface area (Å²) in [5, 5.41) is 18.1. The van der Waals surface area contributed by atoms with Crippen LogP contribution >= 0.6 is 0 Å². The van der Waals surface area contributed by atoms with Gasteiger partial charge in [0, 0.05) is 48.6 Å². The van der Waals surface area contributed by atoms with Crippen LogP contribution in [0.25, 0.3) is 124 Å². The van der Waals surface area contributed by atoms with E-state index in [9.17, 15) is 0 Å². The van der Waals surface area contributed by atoms with Crippen molar-refractivity contribution >= 4 is 78.6 Å². The van der Waals surface area contributed by atoms with Crippen molar-refractivity contribution in [1.29, 1.82) is 0 Å². The molecule has 0 unspecified atom stereocenters. The van der Waals surface area contributed by atoms with E-state index in [0.29, 0.717) is 28.0 Å². The van der Waals surface area contributed by atoms with Crippen LogP contribution in [-0.2, 0) is 0 Å². The van der Waals surface area contributed by atoms with Gasteiger partial charge in [-0.15, -0.1) is 10.2 Å². The van der Waals surface area contributed by atoms with Gasteiger partial charge in [-0.25, -0.2) is 0 Å². The van der Waals surface area contributed by atoms with Gasteiger partial charge in [-0.05, 0) is 66.7 Å². The summed E-state index contributed by atoms with van der Waals surface area (Å²) in [7, 11) is 0. The van der Waals surface area contributed by atoms with Crippen molar-refractivity contribution in [3.05, 3.63) is 229 Å². The van der Waals surface area contributed by atoms with Gasteiger partial charge < -0.3 is 22.7 Å². The van der Waals surface area contributed by atoms with Gasteiger partial charge in [-0.2, -0.15) is 0 Å². The molecule has 13 aromatic rings. The Balaban J connectivity index is 1.36. The van der Waals surface area contributed by atoms with Gasteiger partial charge in [0.2, 0.25) is 5.89 Å². The predicted octanol–water partition coefficient (Wildman–Crippen LogP) is 13.4. The van der Waals surface area contributed by atoms with Crippen molar-refractivity contribution in [1.82, 2.24) is 28.5 Å². The van der Waals surface area contributed by atoms with Crippen molar-refractivity contribution in [3.8, 4) is 45.7 Å². The molecule has 0 spiro atoms. The molecule has 8 aromatic carbocycles. The summed E-state index contributed by atoms with van der Waals surface area (Å²) >= 11 is 0. The van der Waals surface area contributed by atoms with Crippen LogP contribution in [0.2, 0.25) is 0 Å². The molecule has 0 fully saturated rings. The number of hydrogen-bond donors (Lipinski definition) is 0. The number of aromatic nitrogens is 6. The molecule has 13 rings (SSSR count). The van der Waals surface area contributed by atoms with E-state index >= 15 is 0 Å². The van der Waals surface area contributed by atoms with E-state index in [4.69, 9.17) is 27.8 Å². The Labute approximate surface area is 384 Å². The molecule has 67 heavy (non-hydrogen) atoms. The summed E-state index contributed by atoms with van der Waals surface area (Å²) in [6, 6.07) is 76.2. The van der Waals surface area contributed by atoms with E-state index in [1.165, 1.54) is 0 Å². The van der Waals surface area contributed by atoms with E-state index in [2.05, 4.69) is 170 Å². The SMILES string of the molecule is C=c1ccccccc(=C)n1-c1c(-n2c3ccccc3c3ccccc32)cc(-n2c3ccccc3c3ccccc32)c(-n2c3ccccc3c3ccccc32)c1-c1nnc(-c2ccccc2)o1. The Morgan fingerprint density at radius 2 is 0.627 bits per heavy atom. The Bertz CT molecular complexity index is 4080. The average molecular weight is 861 g/mol. The largest absolute Gasteiger partial charge is 0.416 e. The minimum Gasteiger partial charge on any atom is -0.416 e. The van der Waals surface area contributed by atoms with Crippen LogP contribution < -0.4 is 10.7 Å². The standard InChI is InChI=1S/C60H40N6O/c1-39-22-6-3-4-7-23-40(2)63(39)57-54(64-48-32-16-10-26-42(48)43-27-11-17-33-49(43)64)38-55(65-50-34-18-12-28-44(50)45-29-13-19-35-51(45)65)58(56(57)60-62-61-59(67-60)41-24-8-5-9-25-41)66-52-36-20-14-30-46(52)47-31-15-21-37-53(47)66/h3-38H,1-2H2. The Morgan fingerprint density at radius 1 is 0.313 bits per heavy atom. The highest BCUT2D eigenvalue weighted by Gasteiger charge is 2.32. The zero-order valence-electron chi connectivity index (χ0n) is 36.3. The first kappa shape index (κ1) is 38.3. The van der Waals surface area contributed by atoms with Gasteiger partial charge in [0.25, 0.3) is 5.89 Å². The quantitative estimate of drug-likeness (QED) is 0.167. The molecule has 0 bridgehead atoms. The van der Waals surface area contributed by atoms with Gasteiger partial charge >= 0.3 is 0 Å². The monoisotopic (exact) mass is 860 g/mol. The van der Waals surface area contributed by atoms with E-state index in [-0.39, 0.29) is 0 Å². The molecule has 7 heteroatoms. The van der Waals surface area contributed by atoms with Crippen LogP contribution in [0.1, 0.15) is 0 Å². The van der Waals surface area contributed by atoms with Crippen LogP contribution in [0.5, 0.6) is 0 Å². The van der Waals surface area contributed by atoms with E-state index < -0.39 is 0 Å². The summed E-state index contributed by atoms with van der Waals surface area (Å²) in [6.45, 7) is 9.54. The summed E-state index contributed by atoms with van der Waals surface area (Å²) in [5.41, 5.74) is 11.1. The summed E-state index contributed by atoms with van der Waals surface area (Å²) in [4.78, 5) is 0. The number of para-hydroxylation sites is 6. The summed E-state index contributed by atoms with van der Waals surface area (Å²) in [5.74, 6) is 0.739. The Kier molecular flexibility index (Phi) is 8.69. The van der Waals surface area contributed by atoms with Crippen molar-refractivity contribution in [2.24, 2.45) is 0 Å². The normalized spacial score (nSPS) is 11.7. The van der Waals surface area contributed by atoms with E-state index in [0.717, 1.165) is 93.7 Å². The maximum atomic E-state index is 7.11. The Morgan fingerprint density at radius 3 is 1.04 bits per heavy atom. The molecule has 316 valence electrons. The van der Waals surface area contributed by atoms with Crippen LogP contribution in [0, 0.1) is 0 Å². The van der Waals surface area contributed by atoms with E-state index in [1.54, 1.807) is 0 Å². The molecule has 0 saturated carbocycles. The molecule has 5 aromatic heterocycles. The van der Waals surface area contributed by atoms with Crippen molar-refractivity contribution in [2.75, 3.05) is 0 Å².